The van der Waals surface area contributed by atoms with Gasteiger partial charge in [0.2, 0.25) is 0 Å². The topological polar surface area (TPSA) is 99.2 Å². The van der Waals surface area contributed by atoms with E-state index in [2.05, 4.69) is 29.4 Å². The van der Waals surface area contributed by atoms with E-state index in [4.69, 9.17) is 9.15 Å². The fourth-order valence-electron chi connectivity index (χ4n) is 3.61. The average Bonchev–Trinajstić information content (AvgIpc) is 3.37. The molecular formula is C20H28N4O4S. The van der Waals surface area contributed by atoms with E-state index in [1.807, 2.05) is 17.6 Å². The number of rotatable bonds is 8. The van der Waals surface area contributed by atoms with Crippen molar-refractivity contribution in [2.45, 2.75) is 57.8 Å². The van der Waals surface area contributed by atoms with Gasteiger partial charge in [0.1, 0.15) is 0 Å². The van der Waals surface area contributed by atoms with E-state index in [0.29, 0.717) is 35.1 Å². The smallest absolute Gasteiger partial charge is 0.316 e. The molecule has 0 spiro atoms. The van der Waals surface area contributed by atoms with Gasteiger partial charge in [-0.25, -0.2) is 0 Å². The summed E-state index contributed by atoms with van der Waals surface area (Å²) >= 11 is 1.23. The lowest BCUT2D eigenvalue weighted by atomic mass is 9.78. The molecule has 2 aromatic heterocycles. The molecule has 0 saturated heterocycles. The zero-order valence-corrected chi connectivity index (χ0v) is 17.9. The van der Waals surface area contributed by atoms with Crippen LogP contribution in [0.15, 0.2) is 28.0 Å². The molecule has 0 radical (unpaired) electrons. The highest BCUT2D eigenvalue weighted by molar-refractivity contribution is 7.99. The van der Waals surface area contributed by atoms with Gasteiger partial charge in [-0.1, -0.05) is 38.5 Å². The minimum Gasteiger partial charge on any atom is -0.461 e. The van der Waals surface area contributed by atoms with Crippen molar-refractivity contribution in [1.82, 2.24) is 20.1 Å². The van der Waals surface area contributed by atoms with E-state index in [1.54, 1.807) is 12.3 Å². The van der Waals surface area contributed by atoms with Crippen LogP contribution in [0.3, 0.4) is 0 Å². The summed E-state index contributed by atoms with van der Waals surface area (Å²) in [5.41, 5.74) is 0. The van der Waals surface area contributed by atoms with Crippen molar-refractivity contribution < 1.29 is 18.7 Å². The molecule has 0 bridgehead atoms. The molecule has 3 atom stereocenters. The molecule has 158 valence electrons. The molecule has 0 aromatic carbocycles. The van der Waals surface area contributed by atoms with Gasteiger partial charge in [0.25, 0.3) is 5.91 Å². The van der Waals surface area contributed by atoms with Crippen molar-refractivity contribution in [2.24, 2.45) is 11.8 Å². The van der Waals surface area contributed by atoms with Gasteiger partial charge in [0, 0.05) is 12.6 Å². The van der Waals surface area contributed by atoms with Gasteiger partial charge < -0.3 is 14.5 Å². The lowest BCUT2D eigenvalue weighted by molar-refractivity contribution is -0.146. The van der Waals surface area contributed by atoms with Crippen molar-refractivity contribution in [2.75, 3.05) is 12.4 Å². The molecule has 9 heteroatoms. The van der Waals surface area contributed by atoms with Gasteiger partial charge in [-0.2, -0.15) is 0 Å². The highest BCUT2D eigenvalue weighted by atomic mass is 32.2. The first-order valence-electron chi connectivity index (χ1n) is 10.0. The normalized spacial score (nSPS) is 21.7. The highest BCUT2D eigenvalue weighted by Crippen LogP contribution is 2.29. The van der Waals surface area contributed by atoms with E-state index in [9.17, 15) is 9.59 Å². The van der Waals surface area contributed by atoms with Gasteiger partial charge in [0.15, 0.2) is 23.3 Å². The highest BCUT2D eigenvalue weighted by Gasteiger charge is 2.28. The van der Waals surface area contributed by atoms with Crippen LogP contribution in [0, 0.1) is 11.8 Å². The zero-order chi connectivity index (χ0) is 20.8. The van der Waals surface area contributed by atoms with Gasteiger partial charge >= 0.3 is 5.97 Å². The van der Waals surface area contributed by atoms with E-state index >= 15 is 0 Å². The number of ether oxygens (including phenoxy) is 1. The van der Waals surface area contributed by atoms with Crippen LogP contribution >= 0.6 is 11.8 Å². The van der Waals surface area contributed by atoms with Crippen LogP contribution in [-0.4, -0.2) is 45.0 Å². The Balaban J connectivity index is 1.45. The molecule has 1 saturated carbocycles. The molecule has 29 heavy (non-hydrogen) atoms. The third-order valence-corrected chi connectivity index (χ3v) is 6.45. The third-order valence-electron chi connectivity index (χ3n) is 5.51. The first-order chi connectivity index (χ1) is 14.0. The Bertz CT molecular complexity index is 821. The third kappa shape index (κ3) is 5.41. The fourth-order valence-corrected chi connectivity index (χ4v) is 4.41. The molecule has 1 amide bonds. The van der Waals surface area contributed by atoms with Crippen molar-refractivity contribution in [3.8, 4) is 11.6 Å². The first-order valence-corrected chi connectivity index (χ1v) is 11.0. The molecule has 3 rings (SSSR count). The number of nitrogens with zero attached hydrogens (tertiary/aromatic N) is 3. The van der Waals surface area contributed by atoms with Crippen LogP contribution in [0.4, 0.5) is 0 Å². The molecule has 1 aliphatic rings. The van der Waals surface area contributed by atoms with Crippen LogP contribution in [0.1, 0.15) is 40.0 Å². The summed E-state index contributed by atoms with van der Waals surface area (Å²) in [5, 5.41) is 11.9. The quantitative estimate of drug-likeness (QED) is 0.517. The SMILES string of the molecule is CCn1c(SCC(=O)OCC(=O)N[C@@H]2CCC[C@H](C)[C@@H]2C)nnc1-c1ccco1. The number of carbonyl (C=O) groups excluding carboxylic acids is 2. The van der Waals surface area contributed by atoms with Crippen molar-refractivity contribution in [3.63, 3.8) is 0 Å². The molecule has 1 N–H and O–H groups in total. The molecule has 1 aliphatic carbocycles. The molecule has 2 aromatic rings. The maximum absolute atomic E-state index is 12.1. The number of nitrogens with one attached hydrogen (secondary N) is 1. The Kier molecular flexibility index (Phi) is 7.35. The van der Waals surface area contributed by atoms with Crippen molar-refractivity contribution in [1.29, 1.82) is 0 Å². The van der Waals surface area contributed by atoms with Gasteiger partial charge in [0.05, 0.1) is 12.0 Å². The summed E-state index contributed by atoms with van der Waals surface area (Å²) in [6.45, 7) is 6.73. The molecule has 0 unspecified atom stereocenters. The molecule has 0 aliphatic heterocycles. The Morgan fingerprint density at radius 3 is 2.90 bits per heavy atom. The molecule has 1 fully saturated rings. The Morgan fingerprint density at radius 2 is 2.17 bits per heavy atom. The van der Waals surface area contributed by atoms with Gasteiger partial charge in [-0.3, -0.25) is 14.2 Å². The minimum absolute atomic E-state index is 0.0560. The predicted molar refractivity (Wildman–Crippen MR) is 109 cm³/mol. The fraction of sp³-hybridized carbons (Fsp3) is 0.600. The number of esters is 1. The van der Waals surface area contributed by atoms with Crippen LogP contribution in [0.5, 0.6) is 0 Å². The Labute approximate surface area is 174 Å². The predicted octanol–water partition coefficient (Wildman–Crippen LogP) is 3.13. The van der Waals surface area contributed by atoms with E-state index < -0.39 is 5.97 Å². The van der Waals surface area contributed by atoms with Crippen LogP contribution < -0.4 is 5.32 Å². The van der Waals surface area contributed by atoms with Crippen LogP contribution in [0.25, 0.3) is 11.6 Å². The van der Waals surface area contributed by atoms with Crippen LogP contribution in [0.2, 0.25) is 0 Å². The lowest BCUT2D eigenvalue weighted by Gasteiger charge is -2.34. The van der Waals surface area contributed by atoms with Crippen LogP contribution in [-0.2, 0) is 20.9 Å². The lowest BCUT2D eigenvalue weighted by Crippen LogP contribution is -2.45. The minimum atomic E-state index is -0.458. The number of aromatic nitrogens is 3. The van der Waals surface area contributed by atoms with Gasteiger partial charge in [-0.05, 0) is 37.3 Å². The molecule has 8 nitrogen and oxygen atoms in total. The largest absolute Gasteiger partial charge is 0.461 e. The van der Waals surface area contributed by atoms with Crippen molar-refractivity contribution >= 4 is 23.6 Å². The summed E-state index contributed by atoms with van der Waals surface area (Å²) in [4.78, 5) is 24.2. The number of hydrogen-bond acceptors (Lipinski definition) is 7. The van der Waals surface area contributed by atoms with E-state index in [0.717, 1.165) is 12.8 Å². The molecular weight excluding hydrogens is 392 g/mol. The second-order valence-electron chi connectivity index (χ2n) is 7.42. The maximum atomic E-state index is 12.1. The van der Waals surface area contributed by atoms with Gasteiger partial charge in [-0.15, -0.1) is 10.2 Å². The van der Waals surface area contributed by atoms with E-state index in [-0.39, 0.29) is 24.3 Å². The number of carbonyl (C=O) groups is 2. The number of amides is 1. The number of hydrogen-bond donors (Lipinski definition) is 1. The number of thioether (sulfide) groups is 1. The summed E-state index contributed by atoms with van der Waals surface area (Å²) in [5.74, 6) is 1.62. The average molecular weight is 421 g/mol. The van der Waals surface area contributed by atoms with E-state index in [1.165, 1.54) is 18.2 Å². The second kappa shape index (κ2) is 9.96. The summed E-state index contributed by atoms with van der Waals surface area (Å²) in [6.07, 6.45) is 4.87. The summed E-state index contributed by atoms with van der Waals surface area (Å²) < 4.78 is 12.4. The Morgan fingerprint density at radius 1 is 1.34 bits per heavy atom. The second-order valence-corrected chi connectivity index (χ2v) is 8.36. The monoisotopic (exact) mass is 420 g/mol. The maximum Gasteiger partial charge on any atom is 0.316 e. The standard InChI is InChI=1S/C20H28N4O4S/c1-4-24-19(16-9-6-10-27-16)22-23-20(24)29-12-18(26)28-11-17(25)21-15-8-5-7-13(2)14(15)3/h6,9-10,13-15H,4-5,7-8,11-12H2,1-3H3,(H,21,25)/t13-,14-,15+/m0/s1. The number of furan rings is 1. The Hall–Kier alpha value is -2.29. The van der Waals surface area contributed by atoms with Crippen molar-refractivity contribution in [3.05, 3.63) is 18.4 Å². The zero-order valence-electron chi connectivity index (χ0n) is 17.1. The summed E-state index contributed by atoms with van der Waals surface area (Å²) in [7, 11) is 0. The first kappa shape index (κ1) is 21.4. The molecule has 2 heterocycles. The summed E-state index contributed by atoms with van der Waals surface area (Å²) in [6, 6.07) is 3.75.